The Morgan fingerprint density at radius 2 is 1.78 bits per heavy atom. The van der Waals surface area contributed by atoms with Gasteiger partial charge in [0.25, 0.3) is 0 Å². The third-order valence-corrected chi connectivity index (χ3v) is 6.91. The van der Waals surface area contributed by atoms with E-state index in [4.69, 9.17) is 15.9 Å². The molecule has 41 heavy (non-hydrogen) atoms. The summed E-state index contributed by atoms with van der Waals surface area (Å²) in [5.41, 5.74) is 6.46. The molecule has 0 radical (unpaired) electrons. The molecule has 1 aliphatic heterocycles. The Morgan fingerprint density at radius 1 is 1.17 bits per heavy atom. The van der Waals surface area contributed by atoms with Crippen molar-refractivity contribution in [3.63, 3.8) is 0 Å². The molecular weight excluding hydrogens is 535 g/mol. The molecule has 2 rings (SSSR count). The van der Waals surface area contributed by atoms with Gasteiger partial charge in [-0.3, -0.25) is 14.5 Å². The number of carboxylic acids is 2. The molecule has 1 aromatic rings. The minimum Gasteiger partial charge on any atom is -0.478 e. The zero-order valence-electron chi connectivity index (χ0n) is 24.5. The van der Waals surface area contributed by atoms with Gasteiger partial charge in [0.05, 0.1) is 12.6 Å². The number of anilines is 1. The fourth-order valence-corrected chi connectivity index (χ4v) is 4.38. The molecule has 0 saturated carbocycles. The van der Waals surface area contributed by atoms with Crippen LogP contribution in [0.4, 0.5) is 10.1 Å². The molecule has 1 aliphatic rings. The summed E-state index contributed by atoms with van der Waals surface area (Å²) in [4.78, 5) is 48.1. The highest BCUT2D eigenvalue weighted by Gasteiger charge is 2.40. The number of aliphatic carboxylic acids is 2. The topological polar surface area (TPSA) is 173 Å². The minimum absolute atomic E-state index is 0.0519. The number of rotatable bonds is 13. The maximum Gasteiger partial charge on any atom is 0.328 e. The number of halogens is 1. The average molecular weight is 581 g/mol. The fraction of sp³-hybridized carbons (Fsp3) is 0.586. The second-order valence-electron chi connectivity index (χ2n) is 11.1. The lowest BCUT2D eigenvalue weighted by molar-refractivity contribution is -0.134. The van der Waals surface area contributed by atoms with Gasteiger partial charge >= 0.3 is 11.9 Å². The number of nitrogens with two attached hydrogens (primary N) is 1. The number of carbonyl (C=O) groups is 4. The van der Waals surface area contributed by atoms with Crippen LogP contribution >= 0.6 is 0 Å². The SMILES string of the molecule is CCCCNC(=O)[C@@H](C[C@H](O)[C@@H](N)CN1CC(=O)N(c2cccc(F)c2)CC1(C)C)C(C)C.O=C(O)/C=C/C(=O)O. The van der Waals surface area contributed by atoms with Crippen LogP contribution in [0.5, 0.6) is 0 Å². The van der Waals surface area contributed by atoms with E-state index in [9.17, 15) is 28.7 Å². The maximum absolute atomic E-state index is 13.7. The second-order valence-corrected chi connectivity index (χ2v) is 11.1. The number of benzene rings is 1. The number of hydrogen-bond acceptors (Lipinski definition) is 7. The Morgan fingerprint density at radius 3 is 2.29 bits per heavy atom. The number of aliphatic hydroxyl groups excluding tert-OH is 1. The van der Waals surface area contributed by atoms with Gasteiger partial charge in [-0.2, -0.15) is 0 Å². The third kappa shape index (κ3) is 12.4. The number of piperazine rings is 1. The van der Waals surface area contributed by atoms with Gasteiger partial charge in [-0.05, 0) is 50.8 Å². The van der Waals surface area contributed by atoms with Crippen LogP contribution in [0.1, 0.15) is 53.9 Å². The number of carboxylic acid groups (broad SMARTS) is 2. The van der Waals surface area contributed by atoms with Crippen molar-refractivity contribution in [1.82, 2.24) is 10.2 Å². The van der Waals surface area contributed by atoms with E-state index in [1.165, 1.54) is 12.1 Å². The highest BCUT2D eigenvalue weighted by atomic mass is 19.1. The van der Waals surface area contributed by atoms with Gasteiger partial charge in [-0.25, -0.2) is 14.0 Å². The summed E-state index contributed by atoms with van der Waals surface area (Å²) >= 11 is 0. The second kappa shape index (κ2) is 16.8. The zero-order valence-corrected chi connectivity index (χ0v) is 24.5. The number of nitrogens with one attached hydrogen (secondary N) is 1. The lowest BCUT2D eigenvalue weighted by Crippen LogP contribution is -2.64. The lowest BCUT2D eigenvalue weighted by atomic mass is 9.87. The van der Waals surface area contributed by atoms with Crippen LogP contribution in [0.3, 0.4) is 0 Å². The van der Waals surface area contributed by atoms with E-state index in [1.54, 1.807) is 17.0 Å². The largest absolute Gasteiger partial charge is 0.478 e. The van der Waals surface area contributed by atoms with Crippen molar-refractivity contribution < 1.29 is 38.9 Å². The van der Waals surface area contributed by atoms with Gasteiger partial charge < -0.3 is 31.3 Å². The monoisotopic (exact) mass is 580 g/mol. The smallest absolute Gasteiger partial charge is 0.328 e. The van der Waals surface area contributed by atoms with Crippen molar-refractivity contribution in [2.24, 2.45) is 17.6 Å². The third-order valence-electron chi connectivity index (χ3n) is 6.91. The summed E-state index contributed by atoms with van der Waals surface area (Å²) in [6.45, 7) is 11.5. The summed E-state index contributed by atoms with van der Waals surface area (Å²) in [5, 5.41) is 29.4. The highest BCUT2D eigenvalue weighted by Crippen LogP contribution is 2.28. The zero-order chi connectivity index (χ0) is 31.3. The number of unbranched alkanes of at least 4 members (excludes halogenated alkanes) is 1. The standard InChI is InChI=1S/C25H41FN4O3.C4H4O4/c1-6-7-11-28-24(33)20(17(2)3)13-22(31)21(27)14-29-15-23(32)30(16-25(29,4)5)19-10-8-9-18(26)12-19;5-3(6)1-2-4(7)8/h8-10,12,17,20-22,31H,6-7,11,13-16,27H2,1-5H3,(H,28,33);1-2H,(H,5,6)(H,7,8)/b;2-1+/t20-,21-,22-;/m0./s1. The van der Waals surface area contributed by atoms with Gasteiger partial charge in [-0.1, -0.05) is 33.3 Å². The lowest BCUT2D eigenvalue weighted by Gasteiger charge is -2.47. The number of nitrogens with zero attached hydrogens (tertiary/aromatic N) is 2. The van der Waals surface area contributed by atoms with Crippen LogP contribution in [0.25, 0.3) is 0 Å². The van der Waals surface area contributed by atoms with Gasteiger partial charge in [-0.15, -0.1) is 0 Å². The van der Waals surface area contributed by atoms with Crippen molar-refractivity contribution in [2.45, 2.75) is 71.6 Å². The van der Waals surface area contributed by atoms with Crippen LogP contribution in [0.15, 0.2) is 36.4 Å². The molecule has 0 spiro atoms. The predicted octanol–water partition coefficient (Wildman–Crippen LogP) is 2.23. The first-order chi connectivity index (χ1) is 19.1. The first kappa shape index (κ1) is 35.7. The average Bonchev–Trinajstić information content (AvgIpc) is 2.88. The van der Waals surface area contributed by atoms with Crippen molar-refractivity contribution in [3.8, 4) is 0 Å². The molecule has 0 bridgehead atoms. The Bertz CT molecular complexity index is 1050. The predicted molar refractivity (Wildman–Crippen MR) is 154 cm³/mol. The molecule has 230 valence electrons. The fourth-order valence-electron chi connectivity index (χ4n) is 4.38. The Hall–Kier alpha value is -3.35. The van der Waals surface area contributed by atoms with Crippen LogP contribution < -0.4 is 16.0 Å². The van der Waals surface area contributed by atoms with Gasteiger partial charge in [0.1, 0.15) is 5.82 Å². The quantitative estimate of drug-likeness (QED) is 0.173. The van der Waals surface area contributed by atoms with Crippen LogP contribution in [-0.2, 0) is 19.2 Å². The van der Waals surface area contributed by atoms with E-state index >= 15 is 0 Å². The molecule has 1 aromatic carbocycles. The van der Waals surface area contributed by atoms with E-state index in [0.717, 1.165) is 12.8 Å². The number of hydrogen-bond donors (Lipinski definition) is 5. The molecule has 1 saturated heterocycles. The molecule has 12 heteroatoms. The summed E-state index contributed by atoms with van der Waals surface area (Å²) < 4.78 is 13.7. The molecule has 1 heterocycles. The maximum atomic E-state index is 13.7. The summed E-state index contributed by atoms with van der Waals surface area (Å²) in [6.07, 6.45) is 2.44. The van der Waals surface area contributed by atoms with Gasteiger partial charge in [0.15, 0.2) is 0 Å². The van der Waals surface area contributed by atoms with Crippen molar-refractivity contribution in [1.29, 1.82) is 0 Å². The molecule has 0 aromatic heterocycles. The molecule has 1 fully saturated rings. The summed E-state index contributed by atoms with van der Waals surface area (Å²) in [7, 11) is 0. The number of carbonyl (C=O) groups excluding carboxylic acids is 2. The van der Waals surface area contributed by atoms with Gasteiger partial charge in [0, 0.05) is 55.0 Å². The Balaban J connectivity index is 0.000000915. The minimum atomic E-state index is -1.26. The Labute approximate surface area is 241 Å². The van der Waals surface area contributed by atoms with E-state index in [2.05, 4.69) is 12.2 Å². The van der Waals surface area contributed by atoms with E-state index in [1.807, 2.05) is 32.6 Å². The highest BCUT2D eigenvalue weighted by molar-refractivity contribution is 5.96. The molecule has 0 aliphatic carbocycles. The van der Waals surface area contributed by atoms with Crippen LogP contribution in [-0.4, -0.2) is 87.8 Å². The first-order valence-corrected chi connectivity index (χ1v) is 13.7. The van der Waals surface area contributed by atoms with Crippen molar-refractivity contribution >= 4 is 29.4 Å². The molecule has 2 amide bonds. The number of amides is 2. The van der Waals surface area contributed by atoms with E-state index < -0.39 is 29.6 Å². The van der Waals surface area contributed by atoms with Crippen LogP contribution in [0, 0.1) is 17.7 Å². The number of aliphatic hydroxyl groups is 1. The van der Waals surface area contributed by atoms with Crippen molar-refractivity contribution in [2.75, 3.05) is 31.1 Å². The molecule has 11 nitrogen and oxygen atoms in total. The van der Waals surface area contributed by atoms with E-state index in [-0.39, 0.29) is 42.4 Å². The molecule has 3 atom stereocenters. The van der Waals surface area contributed by atoms with Gasteiger partial charge in [0.2, 0.25) is 11.8 Å². The Kier molecular flexibility index (Phi) is 14.6. The molecule has 0 unspecified atom stereocenters. The van der Waals surface area contributed by atoms with Crippen LogP contribution in [0.2, 0.25) is 0 Å². The molecular formula is C29H45FN4O7. The first-order valence-electron chi connectivity index (χ1n) is 13.7. The van der Waals surface area contributed by atoms with E-state index in [0.29, 0.717) is 37.5 Å². The molecule has 6 N–H and O–H groups in total. The normalized spacial score (nSPS) is 17.5. The van der Waals surface area contributed by atoms with Crippen molar-refractivity contribution in [3.05, 3.63) is 42.2 Å². The summed E-state index contributed by atoms with van der Waals surface area (Å²) in [6, 6.07) is 5.41. The summed E-state index contributed by atoms with van der Waals surface area (Å²) in [5.74, 6) is -3.35.